The molecule has 1 N–H and O–H groups in total. The zero-order valence-corrected chi connectivity index (χ0v) is 16.5. The second-order valence-electron chi connectivity index (χ2n) is 8.02. The average molecular weight is 339 g/mol. The summed E-state index contributed by atoms with van der Waals surface area (Å²) in [7, 11) is 4.13. The van der Waals surface area contributed by atoms with Gasteiger partial charge in [-0.3, -0.25) is 4.79 Å². The van der Waals surface area contributed by atoms with E-state index in [1.54, 1.807) is 0 Å². The van der Waals surface area contributed by atoms with Crippen LogP contribution in [0.4, 0.5) is 0 Å². The van der Waals surface area contributed by atoms with Gasteiger partial charge in [-0.05, 0) is 39.4 Å². The second-order valence-corrected chi connectivity index (χ2v) is 8.02. The zero-order valence-electron chi connectivity index (χ0n) is 16.5. The van der Waals surface area contributed by atoms with Crippen molar-refractivity contribution in [1.82, 2.24) is 10.2 Å². The third kappa shape index (κ3) is 12.8. The fourth-order valence-corrected chi connectivity index (χ4v) is 3.79. The van der Waals surface area contributed by atoms with Gasteiger partial charge < -0.3 is 10.2 Å². The Kier molecular flexibility index (Phi) is 13.2. The van der Waals surface area contributed by atoms with E-state index in [9.17, 15) is 4.79 Å². The summed E-state index contributed by atoms with van der Waals surface area (Å²) in [6.45, 7) is 1.86. The first kappa shape index (κ1) is 21.5. The number of rotatable bonds is 15. The summed E-state index contributed by atoms with van der Waals surface area (Å²) >= 11 is 0. The zero-order chi connectivity index (χ0) is 17.5. The van der Waals surface area contributed by atoms with E-state index in [4.69, 9.17) is 0 Å². The van der Waals surface area contributed by atoms with Crippen molar-refractivity contribution in [3.8, 4) is 0 Å². The van der Waals surface area contributed by atoms with E-state index in [1.807, 2.05) is 0 Å². The summed E-state index contributed by atoms with van der Waals surface area (Å²) in [5, 5.41) is 3.02. The molecule has 0 aromatic heterocycles. The van der Waals surface area contributed by atoms with E-state index < -0.39 is 0 Å². The smallest absolute Gasteiger partial charge is 0.219 e. The van der Waals surface area contributed by atoms with Crippen LogP contribution in [0.2, 0.25) is 0 Å². The normalized spacial score (nSPS) is 15.3. The second kappa shape index (κ2) is 14.7. The molecule has 142 valence electrons. The van der Waals surface area contributed by atoms with Crippen LogP contribution in [-0.4, -0.2) is 38.0 Å². The molecule has 0 bridgehead atoms. The van der Waals surface area contributed by atoms with Crippen LogP contribution in [0.15, 0.2) is 0 Å². The van der Waals surface area contributed by atoms with Gasteiger partial charge in [-0.15, -0.1) is 0 Å². The Morgan fingerprint density at radius 1 is 0.875 bits per heavy atom. The van der Waals surface area contributed by atoms with Crippen molar-refractivity contribution < 1.29 is 4.79 Å². The molecule has 0 spiro atoms. The lowest BCUT2D eigenvalue weighted by Crippen LogP contribution is -2.26. The highest BCUT2D eigenvalue weighted by Gasteiger charge is 2.13. The first-order valence-corrected chi connectivity index (χ1v) is 10.6. The van der Waals surface area contributed by atoms with E-state index in [0.717, 1.165) is 31.8 Å². The van der Waals surface area contributed by atoms with Gasteiger partial charge >= 0.3 is 0 Å². The molecule has 24 heavy (non-hydrogen) atoms. The Balaban J connectivity index is 1.74. The molecular weight excluding hydrogens is 296 g/mol. The molecular formula is C21H42N2O. The standard InChI is InChI=1S/C21H42N2O/c1-23(2)19-13-18-22-21(24)17-10-8-6-4-3-5-7-9-14-20-15-11-12-16-20/h20H,3-19H2,1-2H3,(H,22,24). The van der Waals surface area contributed by atoms with Crippen molar-refractivity contribution >= 4 is 5.91 Å². The molecule has 0 radical (unpaired) electrons. The van der Waals surface area contributed by atoms with Crippen molar-refractivity contribution in [2.75, 3.05) is 27.2 Å². The molecule has 0 aromatic carbocycles. The summed E-state index contributed by atoms with van der Waals surface area (Å²) < 4.78 is 0. The van der Waals surface area contributed by atoms with Gasteiger partial charge in [0.25, 0.3) is 0 Å². The van der Waals surface area contributed by atoms with Crippen LogP contribution in [0.1, 0.15) is 96.3 Å². The number of nitrogens with zero attached hydrogens (tertiary/aromatic N) is 1. The van der Waals surface area contributed by atoms with E-state index in [0.29, 0.717) is 6.42 Å². The van der Waals surface area contributed by atoms with E-state index in [1.165, 1.54) is 77.0 Å². The third-order valence-corrected chi connectivity index (χ3v) is 5.35. The molecule has 1 rings (SSSR count). The van der Waals surface area contributed by atoms with Gasteiger partial charge in [-0.25, -0.2) is 0 Å². The van der Waals surface area contributed by atoms with Crippen LogP contribution in [0, 0.1) is 5.92 Å². The molecule has 0 saturated heterocycles. The highest BCUT2D eigenvalue weighted by atomic mass is 16.1. The lowest BCUT2D eigenvalue weighted by atomic mass is 9.99. The molecule has 0 atom stereocenters. The highest BCUT2D eigenvalue weighted by Crippen LogP contribution is 2.29. The maximum Gasteiger partial charge on any atom is 0.219 e. The predicted octanol–water partition coefficient (Wildman–Crippen LogP) is 5.15. The summed E-state index contributed by atoms with van der Waals surface area (Å²) in [6, 6.07) is 0. The summed E-state index contributed by atoms with van der Waals surface area (Å²) in [6.07, 6.45) is 19.8. The number of carbonyl (C=O) groups excluding carboxylic acids is 1. The number of unbranched alkanes of at least 4 members (excludes halogenated alkanes) is 7. The van der Waals surface area contributed by atoms with Crippen LogP contribution < -0.4 is 5.32 Å². The predicted molar refractivity (Wildman–Crippen MR) is 104 cm³/mol. The molecule has 0 aliphatic heterocycles. The van der Waals surface area contributed by atoms with Gasteiger partial charge in [-0.2, -0.15) is 0 Å². The molecule has 3 nitrogen and oxygen atoms in total. The number of hydrogen-bond donors (Lipinski definition) is 1. The third-order valence-electron chi connectivity index (χ3n) is 5.35. The quantitative estimate of drug-likeness (QED) is 0.419. The lowest BCUT2D eigenvalue weighted by Gasteiger charge is -2.09. The SMILES string of the molecule is CN(C)CCCNC(=O)CCCCCCCCCCC1CCCC1. The van der Waals surface area contributed by atoms with Gasteiger partial charge in [0.2, 0.25) is 5.91 Å². The number of hydrogen-bond acceptors (Lipinski definition) is 2. The van der Waals surface area contributed by atoms with Crippen molar-refractivity contribution in [2.24, 2.45) is 5.92 Å². The Morgan fingerprint density at radius 2 is 1.46 bits per heavy atom. The first-order chi connectivity index (χ1) is 11.7. The van der Waals surface area contributed by atoms with Crippen molar-refractivity contribution in [3.63, 3.8) is 0 Å². The van der Waals surface area contributed by atoms with Gasteiger partial charge in [0.05, 0.1) is 0 Å². The molecule has 1 saturated carbocycles. The minimum Gasteiger partial charge on any atom is -0.356 e. The highest BCUT2D eigenvalue weighted by molar-refractivity contribution is 5.75. The fourth-order valence-electron chi connectivity index (χ4n) is 3.79. The van der Waals surface area contributed by atoms with Crippen LogP contribution in [-0.2, 0) is 4.79 Å². The topological polar surface area (TPSA) is 32.3 Å². The maximum atomic E-state index is 11.7. The minimum absolute atomic E-state index is 0.237. The molecule has 1 aliphatic carbocycles. The van der Waals surface area contributed by atoms with Crippen LogP contribution in [0.25, 0.3) is 0 Å². The summed E-state index contributed by atoms with van der Waals surface area (Å²) in [5.74, 6) is 1.31. The largest absolute Gasteiger partial charge is 0.356 e. The molecule has 0 heterocycles. The Bertz CT molecular complexity index is 298. The molecule has 1 fully saturated rings. The molecule has 3 heteroatoms. The van der Waals surface area contributed by atoms with Gasteiger partial charge in [0, 0.05) is 13.0 Å². The van der Waals surface area contributed by atoms with E-state index in [-0.39, 0.29) is 5.91 Å². The van der Waals surface area contributed by atoms with E-state index in [2.05, 4.69) is 24.3 Å². The first-order valence-electron chi connectivity index (χ1n) is 10.6. The lowest BCUT2D eigenvalue weighted by molar-refractivity contribution is -0.121. The Morgan fingerprint density at radius 3 is 2.08 bits per heavy atom. The number of nitrogens with one attached hydrogen (secondary N) is 1. The van der Waals surface area contributed by atoms with Crippen molar-refractivity contribution in [1.29, 1.82) is 0 Å². The molecule has 1 aliphatic rings. The van der Waals surface area contributed by atoms with Gasteiger partial charge in [0.1, 0.15) is 0 Å². The molecule has 0 unspecified atom stereocenters. The molecule has 0 aromatic rings. The van der Waals surface area contributed by atoms with Crippen molar-refractivity contribution in [2.45, 2.75) is 96.3 Å². The van der Waals surface area contributed by atoms with Crippen LogP contribution >= 0.6 is 0 Å². The van der Waals surface area contributed by atoms with Gasteiger partial charge in [-0.1, -0.05) is 77.0 Å². The average Bonchev–Trinajstić information content (AvgIpc) is 3.06. The number of carbonyl (C=O) groups is 1. The minimum atomic E-state index is 0.237. The number of amides is 1. The fraction of sp³-hybridized carbons (Fsp3) is 0.952. The summed E-state index contributed by atoms with van der Waals surface area (Å²) in [4.78, 5) is 13.8. The molecule has 1 amide bonds. The summed E-state index contributed by atoms with van der Waals surface area (Å²) in [5.41, 5.74) is 0. The Labute approximate surface area is 151 Å². The van der Waals surface area contributed by atoms with Crippen LogP contribution in [0.5, 0.6) is 0 Å². The maximum absolute atomic E-state index is 11.7. The van der Waals surface area contributed by atoms with Crippen molar-refractivity contribution in [3.05, 3.63) is 0 Å². The van der Waals surface area contributed by atoms with E-state index >= 15 is 0 Å². The monoisotopic (exact) mass is 338 g/mol. The van der Waals surface area contributed by atoms with Crippen LogP contribution in [0.3, 0.4) is 0 Å². The Hall–Kier alpha value is -0.570. The van der Waals surface area contributed by atoms with Gasteiger partial charge in [0.15, 0.2) is 0 Å².